The molecule has 0 amide bonds. The van der Waals surface area contributed by atoms with E-state index in [0.29, 0.717) is 16.1 Å². The lowest BCUT2D eigenvalue weighted by atomic mass is 9.98. The number of nitriles is 1. The maximum atomic E-state index is 13.0. The van der Waals surface area contributed by atoms with E-state index in [1.54, 1.807) is 12.3 Å². The van der Waals surface area contributed by atoms with Crippen molar-refractivity contribution in [1.82, 2.24) is 9.88 Å². The van der Waals surface area contributed by atoms with Gasteiger partial charge in [0.25, 0.3) is 0 Å². The van der Waals surface area contributed by atoms with Crippen LogP contribution in [0.5, 0.6) is 5.75 Å². The average Bonchev–Trinajstić information content (AvgIpc) is 3.34. The van der Waals surface area contributed by atoms with Gasteiger partial charge in [-0.25, -0.2) is 4.79 Å². The fourth-order valence-corrected chi connectivity index (χ4v) is 6.45. The third-order valence-corrected chi connectivity index (χ3v) is 8.08. The minimum Gasteiger partial charge on any atom is -0.420 e. The zero-order valence-corrected chi connectivity index (χ0v) is 24.6. The molecular formula is C31H27Cl3N4O2. The van der Waals surface area contributed by atoms with Crippen LogP contribution in [0.1, 0.15) is 53.9 Å². The molecular weight excluding hydrogens is 567 g/mol. The normalized spacial score (nSPS) is 17.9. The lowest BCUT2D eigenvalue weighted by Gasteiger charge is -2.43. The summed E-state index contributed by atoms with van der Waals surface area (Å²) in [5, 5.41) is 11.2. The number of ether oxygens (including phenoxy) is 1. The van der Waals surface area contributed by atoms with Gasteiger partial charge < -0.3 is 9.64 Å². The van der Waals surface area contributed by atoms with E-state index in [4.69, 9.17) is 39.5 Å². The molecule has 0 aliphatic carbocycles. The minimum atomic E-state index is -0.532. The quantitative estimate of drug-likeness (QED) is 0.177. The Bertz CT molecular complexity index is 1630. The van der Waals surface area contributed by atoms with Crippen molar-refractivity contribution in [3.8, 4) is 11.8 Å². The second-order valence-corrected chi connectivity index (χ2v) is 10.8. The van der Waals surface area contributed by atoms with Crippen molar-refractivity contribution in [3.63, 3.8) is 0 Å². The van der Waals surface area contributed by atoms with Gasteiger partial charge in [0.2, 0.25) is 0 Å². The SMILES string of the molecule is CC.CC1CN(c2ccc(C#N)c3ncccc23)CC2c3ccc(C(=O)Oc4c(Cl)cc(Cl)cc4Cl)cc3CN12. The van der Waals surface area contributed by atoms with Crippen LogP contribution in [0.3, 0.4) is 0 Å². The number of piperazine rings is 1. The summed E-state index contributed by atoms with van der Waals surface area (Å²) in [6.45, 7) is 8.58. The van der Waals surface area contributed by atoms with Gasteiger partial charge in [0.15, 0.2) is 5.75 Å². The largest absolute Gasteiger partial charge is 0.420 e. The zero-order valence-electron chi connectivity index (χ0n) is 22.3. The Hall–Kier alpha value is -3.34. The number of anilines is 1. The van der Waals surface area contributed by atoms with Crippen LogP contribution in [0.2, 0.25) is 15.1 Å². The van der Waals surface area contributed by atoms with Gasteiger partial charge in [0, 0.05) is 48.0 Å². The predicted octanol–water partition coefficient (Wildman–Crippen LogP) is 8.08. The van der Waals surface area contributed by atoms with Crippen molar-refractivity contribution in [3.05, 3.63) is 98.1 Å². The molecule has 6 nitrogen and oxygen atoms in total. The second kappa shape index (κ2) is 11.6. The van der Waals surface area contributed by atoms with Gasteiger partial charge in [0.05, 0.1) is 32.7 Å². The van der Waals surface area contributed by atoms with Gasteiger partial charge >= 0.3 is 5.97 Å². The van der Waals surface area contributed by atoms with Gasteiger partial charge in [0.1, 0.15) is 6.07 Å². The van der Waals surface area contributed by atoms with Gasteiger partial charge in [-0.1, -0.05) is 54.7 Å². The first-order valence-corrected chi connectivity index (χ1v) is 14.3. The Labute approximate surface area is 248 Å². The van der Waals surface area contributed by atoms with Crippen LogP contribution in [-0.4, -0.2) is 35.0 Å². The van der Waals surface area contributed by atoms with E-state index in [1.165, 1.54) is 17.7 Å². The molecule has 0 radical (unpaired) electrons. The van der Waals surface area contributed by atoms with Crippen LogP contribution in [0.4, 0.5) is 5.69 Å². The second-order valence-electron chi connectivity index (χ2n) is 9.59. The topological polar surface area (TPSA) is 69.5 Å². The molecule has 1 fully saturated rings. The fourth-order valence-electron chi connectivity index (χ4n) is 5.55. The lowest BCUT2D eigenvalue weighted by molar-refractivity contribution is 0.0735. The Morgan fingerprint density at radius 3 is 2.52 bits per heavy atom. The van der Waals surface area contributed by atoms with E-state index in [9.17, 15) is 10.1 Å². The molecule has 4 aromatic rings. The summed E-state index contributed by atoms with van der Waals surface area (Å²) in [5.74, 6) is -0.441. The van der Waals surface area contributed by atoms with Crippen LogP contribution >= 0.6 is 34.8 Å². The zero-order chi connectivity index (χ0) is 28.6. The van der Waals surface area contributed by atoms with E-state index in [-0.39, 0.29) is 27.9 Å². The molecule has 2 unspecified atom stereocenters. The Balaban J connectivity index is 0.00000158. The van der Waals surface area contributed by atoms with Gasteiger partial charge in [-0.15, -0.1) is 0 Å². The third-order valence-electron chi connectivity index (χ3n) is 7.30. The Morgan fingerprint density at radius 2 is 1.80 bits per heavy atom. The number of hydrogen-bond donors (Lipinski definition) is 0. The highest BCUT2D eigenvalue weighted by atomic mass is 35.5. The first-order valence-electron chi connectivity index (χ1n) is 13.1. The predicted molar refractivity (Wildman–Crippen MR) is 161 cm³/mol. The number of hydrogen-bond acceptors (Lipinski definition) is 6. The average molecular weight is 594 g/mol. The first-order chi connectivity index (χ1) is 19.3. The minimum absolute atomic E-state index is 0.0917. The third kappa shape index (κ3) is 5.11. The first kappa shape index (κ1) is 28.2. The summed E-state index contributed by atoms with van der Waals surface area (Å²) in [4.78, 5) is 22.3. The Morgan fingerprint density at radius 1 is 1.05 bits per heavy atom. The van der Waals surface area contributed by atoms with E-state index in [2.05, 4.69) is 27.8 Å². The molecule has 0 bridgehead atoms. The van der Waals surface area contributed by atoms with E-state index in [0.717, 1.165) is 41.8 Å². The smallest absolute Gasteiger partial charge is 0.343 e. The highest BCUT2D eigenvalue weighted by Crippen LogP contribution is 2.42. The molecule has 6 rings (SSSR count). The fraction of sp³-hybridized carbons (Fsp3) is 0.258. The number of rotatable bonds is 3. The summed E-state index contributed by atoms with van der Waals surface area (Å²) in [6.07, 6.45) is 1.72. The standard InChI is InChI=1S/C29H21Cl3N4O2.C2H6/c1-16-13-35(25-7-5-18(12-33)27-22(25)3-2-8-34-27)15-26-21-6-4-17(9-19(21)14-36(16)26)29(37)38-28-23(31)10-20(30)11-24(28)32;1-2/h2-11,16,26H,13-15H2,1H3;1-2H3. The molecule has 1 saturated heterocycles. The summed E-state index contributed by atoms with van der Waals surface area (Å²) < 4.78 is 5.54. The number of benzene rings is 3. The van der Waals surface area contributed by atoms with Crippen molar-refractivity contribution >= 4 is 57.4 Å². The van der Waals surface area contributed by atoms with Crippen LogP contribution in [0, 0.1) is 11.3 Å². The molecule has 0 spiro atoms. The molecule has 1 aromatic heterocycles. The molecule has 204 valence electrons. The number of pyridine rings is 1. The summed E-state index contributed by atoms with van der Waals surface area (Å²) >= 11 is 18.4. The number of carbonyl (C=O) groups excluding carboxylic acids is 1. The van der Waals surface area contributed by atoms with Crippen molar-refractivity contribution in [1.29, 1.82) is 5.26 Å². The number of carbonyl (C=O) groups is 1. The maximum Gasteiger partial charge on any atom is 0.343 e. The molecule has 40 heavy (non-hydrogen) atoms. The van der Waals surface area contributed by atoms with E-state index in [1.807, 2.05) is 50.2 Å². The number of esters is 1. The lowest BCUT2D eigenvalue weighted by Crippen LogP contribution is -2.51. The summed E-state index contributed by atoms with van der Waals surface area (Å²) in [6, 6.07) is 19.1. The molecule has 2 aliphatic heterocycles. The molecule has 0 N–H and O–H groups in total. The molecule has 3 heterocycles. The molecule has 0 saturated carbocycles. The van der Waals surface area contributed by atoms with Crippen LogP contribution in [0.15, 0.2) is 60.8 Å². The highest BCUT2D eigenvalue weighted by molar-refractivity contribution is 6.40. The highest BCUT2D eigenvalue weighted by Gasteiger charge is 2.39. The van der Waals surface area contributed by atoms with Gasteiger partial charge in [-0.2, -0.15) is 5.26 Å². The van der Waals surface area contributed by atoms with Gasteiger partial charge in [-0.3, -0.25) is 9.88 Å². The van der Waals surface area contributed by atoms with Crippen molar-refractivity contribution in [2.75, 3.05) is 18.0 Å². The van der Waals surface area contributed by atoms with Gasteiger partial charge in [-0.05, 0) is 66.6 Å². The number of fused-ring (bicyclic) bond motifs is 4. The molecule has 2 atom stereocenters. The maximum absolute atomic E-state index is 13.0. The molecule has 2 aliphatic rings. The van der Waals surface area contributed by atoms with Crippen LogP contribution < -0.4 is 9.64 Å². The Kier molecular flexibility index (Phi) is 8.21. The molecule has 9 heteroatoms. The molecule has 3 aromatic carbocycles. The van der Waals surface area contributed by atoms with Crippen molar-refractivity contribution in [2.24, 2.45) is 0 Å². The van der Waals surface area contributed by atoms with E-state index < -0.39 is 5.97 Å². The summed E-state index contributed by atoms with van der Waals surface area (Å²) in [7, 11) is 0. The van der Waals surface area contributed by atoms with Crippen LogP contribution in [0.25, 0.3) is 10.9 Å². The van der Waals surface area contributed by atoms with E-state index >= 15 is 0 Å². The van der Waals surface area contributed by atoms with Crippen molar-refractivity contribution < 1.29 is 9.53 Å². The number of nitrogens with zero attached hydrogens (tertiary/aromatic N) is 4. The van der Waals surface area contributed by atoms with Crippen LogP contribution in [-0.2, 0) is 6.54 Å². The number of aromatic nitrogens is 1. The summed E-state index contributed by atoms with van der Waals surface area (Å²) in [5.41, 5.74) is 5.08. The number of halogens is 3. The van der Waals surface area contributed by atoms with Crippen molar-refractivity contribution in [2.45, 2.75) is 39.4 Å². The monoisotopic (exact) mass is 592 g/mol.